The van der Waals surface area contributed by atoms with Gasteiger partial charge in [0.1, 0.15) is 12.0 Å². The first kappa shape index (κ1) is 12.8. The third-order valence-corrected chi connectivity index (χ3v) is 2.64. The zero-order chi connectivity index (χ0) is 12.0. The number of carbonyl (C=O) groups excluding carboxylic acids is 1. The summed E-state index contributed by atoms with van der Waals surface area (Å²) in [5, 5.41) is 0. The van der Waals surface area contributed by atoms with E-state index in [1.54, 1.807) is 0 Å². The Morgan fingerprint density at radius 2 is 2.12 bits per heavy atom. The average Bonchev–Trinajstić information content (AvgIpc) is 2.30. The Kier molecular flexibility index (Phi) is 4.53. The second-order valence-electron chi connectivity index (χ2n) is 4.57. The third kappa shape index (κ3) is 3.37. The molecule has 0 N–H and O–H groups in total. The lowest BCUT2D eigenvalue weighted by atomic mass is 9.86. The average molecular weight is 220 g/mol. The monoisotopic (exact) mass is 220 g/mol. The molecule has 0 heterocycles. The highest BCUT2D eigenvalue weighted by atomic mass is 16.5. The van der Waals surface area contributed by atoms with Gasteiger partial charge in [0, 0.05) is 5.41 Å². The van der Waals surface area contributed by atoms with Crippen LogP contribution in [0.1, 0.15) is 39.2 Å². The lowest BCUT2D eigenvalue weighted by Crippen LogP contribution is -2.18. The fourth-order valence-electron chi connectivity index (χ4n) is 1.39. The standard InChI is InChI=1S/C14H20O2/c1-4-5-9-16-13-8-6-7-12(10-13)14(2,3)11-15/h6-8,10-11H,4-5,9H2,1-3H3. The zero-order valence-electron chi connectivity index (χ0n) is 10.3. The number of aldehydes is 1. The van der Waals surface area contributed by atoms with E-state index >= 15 is 0 Å². The molecule has 0 aliphatic heterocycles. The van der Waals surface area contributed by atoms with Gasteiger partial charge in [-0.3, -0.25) is 0 Å². The third-order valence-electron chi connectivity index (χ3n) is 2.64. The van der Waals surface area contributed by atoms with Crippen LogP contribution in [0.3, 0.4) is 0 Å². The Morgan fingerprint density at radius 1 is 1.38 bits per heavy atom. The van der Waals surface area contributed by atoms with Crippen molar-refractivity contribution in [2.24, 2.45) is 0 Å². The van der Waals surface area contributed by atoms with Gasteiger partial charge in [-0.15, -0.1) is 0 Å². The fraction of sp³-hybridized carbons (Fsp3) is 0.500. The first-order valence-corrected chi connectivity index (χ1v) is 5.80. The molecule has 0 amide bonds. The van der Waals surface area contributed by atoms with Gasteiger partial charge in [-0.05, 0) is 38.0 Å². The van der Waals surface area contributed by atoms with E-state index in [4.69, 9.17) is 4.74 Å². The number of carbonyl (C=O) groups is 1. The van der Waals surface area contributed by atoms with Gasteiger partial charge in [-0.25, -0.2) is 0 Å². The maximum Gasteiger partial charge on any atom is 0.129 e. The van der Waals surface area contributed by atoms with Gasteiger partial charge >= 0.3 is 0 Å². The van der Waals surface area contributed by atoms with Crippen molar-refractivity contribution in [2.75, 3.05) is 6.61 Å². The second-order valence-corrected chi connectivity index (χ2v) is 4.57. The SMILES string of the molecule is CCCCOc1cccc(C(C)(C)C=O)c1. The van der Waals surface area contributed by atoms with Crippen LogP contribution in [0.2, 0.25) is 0 Å². The fourth-order valence-corrected chi connectivity index (χ4v) is 1.39. The summed E-state index contributed by atoms with van der Waals surface area (Å²) in [4.78, 5) is 11.0. The molecular formula is C14H20O2. The molecule has 1 aromatic carbocycles. The Balaban J connectivity index is 2.75. The van der Waals surface area contributed by atoms with E-state index < -0.39 is 5.41 Å². The van der Waals surface area contributed by atoms with Crippen LogP contribution in [0.15, 0.2) is 24.3 Å². The van der Waals surface area contributed by atoms with E-state index in [-0.39, 0.29) is 0 Å². The molecule has 0 atom stereocenters. The molecule has 2 nitrogen and oxygen atoms in total. The van der Waals surface area contributed by atoms with Gasteiger partial charge in [0.25, 0.3) is 0 Å². The lowest BCUT2D eigenvalue weighted by molar-refractivity contribution is -0.111. The van der Waals surface area contributed by atoms with Crippen LogP contribution >= 0.6 is 0 Å². The van der Waals surface area contributed by atoms with E-state index in [9.17, 15) is 4.79 Å². The van der Waals surface area contributed by atoms with Crippen LogP contribution < -0.4 is 4.74 Å². The Morgan fingerprint density at radius 3 is 2.75 bits per heavy atom. The summed E-state index contributed by atoms with van der Waals surface area (Å²) in [6.45, 7) is 6.69. The van der Waals surface area contributed by atoms with Crippen molar-refractivity contribution >= 4 is 6.29 Å². The first-order valence-electron chi connectivity index (χ1n) is 5.80. The molecule has 0 unspecified atom stereocenters. The quantitative estimate of drug-likeness (QED) is 0.543. The predicted octanol–water partition coefficient (Wildman–Crippen LogP) is 3.34. The Labute approximate surface area is 97.6 Å². The molecule has 16 heavy (non-hydrogen) atoms. The van der Waals surface area contributed by atoms with Gasteiger partial charge in [0.15, 0.2) is 0 Å². The zero-order valence-corrected chi connectivity index (χ0v) is 10.3. The van der Waals surface area contributed by atoms with Gasteiger partial charge in [-0.2, -0.15) is 0 Å². The van der Waals surface area contributed by atoms with Gasteiger partial charge in [0.05, 0.1) is 6.61 Å². The van der Waals surface area contributed by atoms with Crippen LogP contribution in [-0.4, -0.2) is 12.9 Å². The summed E-state index contributed by atoms with van der Waals surface area (Å²) in [7, 11) is 0. The smallest absolute Gasteiger partial charge is 0.129 e. The maximum atomic E-state index is 11.0. The molecule has 88 valence electrons. The summed E-state index contributed by atoms with van der Waals surface area (Å²) in [6.07, 6.45) is 3.15. The van der Waals surface area contributed by atoms with E-state index in [1.165, 1.54) is 0 Å². The molecule has 0 saturated heterocycles. The van der Waals surface area contributed by atoms with Crippen molar-refractivity contribution < 1.29 is 9.53 Å². The number of unbranched alkanes of at least 4 members (excludes halogenated alkanes) is 1. The Hall–Kier alpha value is -1.31. The van der Waals surface area contributed by atoms with E-state index in [1.807, 2.05) is 38.1 Å². The van der Waals surface area contributed by atoms with E-state index in [2.05, 4.69) is 6.92 Å². The van der Waals surface area contributed by atoms with Gasteiger partial charge in [0.2, 0.25) is 0 Å². The topological polar surface area (TPSA) is 26.3 Å². The number of benzene rings is 1. The van der Waals surface area contributed by atoms with Crippen LogP contribution in [0, 0.1) is 0 Å². The van der Waals surface area contributed by atoms with Crippen molar-refractivity contribution in [2.45, 2.75) is 39.0 Å². The molecular weight excluding hydrogens is 200 g/mol. The Bertz CT molecular complexity index is 342. The summed E-state index contributed by atoms with van der Waals surface area (Å²) in [5.41, 5.74) is 0.556. The normalized spacial score (nSPS) is 11.2. The summed E-state index contributed by atoms with van der Waals surface area (Å²) >= 11 is 0. The van der Waals surface area contributed by atoms with Crippen molar-refractivity contribution in [1.82, 2.24) is 0 Å². The van der Waals surface area contributed by atoms with Crippen LogP contribution in [-0.2, 0) is 10.2 Å². The van der Waals surface area contributed by atoms with Gasteiger partial charge < -0.3 is 9.53 Å². The summed E-state index contributed by atoms with van der Waals surface area (Å²) < 4.78 is 5.61. The molecule has 0 aliphatic rings. The molecule has 0 spiro atoms. The van der Waals surface area contributed by atoms with Crippen molar-refractivity contribution in [3.8, 4) is 5.75 Å². The molecule has 2 heteroatoms. The highest BCUT2D eigenvalue weighted by Crippen LogP contribution is 2.24. The highest BCUT2D eigenvalue weighted by Gasteiger charge is 2.19. The largest absolute Gasteiger partial charge is 0.494 e. The molecule has 1 rings (SSSR count). The molecule has 0 saturated carbocycles. The molecule has 1 aromatic rings. The lowest BCUT2D eigenvalue weighted by Gasteiger charge is -2.18. The highest BCUT2D eigenvalue weighted by molar-refractivity contribution is 5.67. The van der Waals surface area contributed by atoms with E-state index in [0.717, 1.165) is 37.0 Å². The number of rotatable bonds is 6. The van der Waals surface area contributed by atoms with Crippen LogP contribution in [0.5, 0.6) is 5.75 Å². The minimum atomic E-state index is -0.440. The molecule has 0 radical (unpaired) electrons. The molecule has 0 aliphatic carbocycles. The molecule has 0 bridgehead atoms. The summed E-state index contributed by atoms with van der Waals surface area (Å²) in [5.74, 6) is 0.848. The minimum Gasteiger partial charge on any atom is -0.494 e. The summed E-state index contributed by atoms with van der Waals surface area (Å²) in [6, 6.07) is 7.77. The molecule has 0 aromatic heterocycles. The van der Waals surface area contributed by atoms with Crippen LogP contribution in [0.4, 0.5) is 0 Å². The molecule has 0 fully saturated rings. The number of hydrogen-bond donors (Lipinski definition) is 0. The predicted molar refractivity (Wildman–Crippen MR) is 65.9 cm³/mol. The van der Waals surface area contributed by atoms with E-state index in [0.29, 0.717) is 0 Å². The number of hydrogen-bond acceptors (Lipinski definition) is 2. The van der Waals surface area contributed by atoms with Crippen molar-refractivity contribution in [3.05, 3.63) is 29.8 Å². The van der Waals surface area contributed by atoms with Crippen LogP contribution in [0.25, 0.3) is 0 Å². The first-order chi connectivity index (χ1) is 7.60. The number of ether oxygens (including phenoxy) is 1. The second kappa shape index (κ2) is 5.69. The van der Waals surface area contributed by atoms with Crippen molar-refractivity contribution in [3.63, 3.8) is 0 Å². The van der Waals surface area contributed by atoms with Crippen molar-refractivity contribution in [1.29, 1.82) is 0 Å². The maximum absolute atomic E-state index is 11.0. The minimum absolute atomic E-state index is 0.440. The van der Waals surface area contributed by atoms with Gasteiger partial charge in [-0.1, -0.05) is 25.5 Å².